The molecule has 0 saturated carbocycles. The smallest absolute Gasteiger partial charge is 0.464 e. The second-order valence-electron chi connectivity index (χ2n) is 4.98. The zero-order chi connectivity index (χ0) is 18.4. The number of benzene rings is 1. The summed E-state index contributed by atoms with van der Waals surface area (Å²) in [5, 5.41) is 0. The third kappa shape index (κ3) is 2.73. The number of ether oxygens (including phenoxy) is 3. The van der Waals surface area contributed by atoms with E-state index in [1.807, 2.05) is 0 Å². The van der Waals surface area contributed by atoms with E-state index in [9.17, 15) is 18.0 Å². The first-order chi connectivity index (χ1) is 11.8. The number of halogens is 3. The topological polar surface area (TPSA) is 83.7 Å². The summed E-state index contributed by atoms with van der Waals surface area (Å²) in [6, 6.07) is 3.56. The van der Waals surface area contributed by atoms with Crippen LogP contribution in [0.5, 0.6) is 11.5 Å². The van der Waals surface area contributed by atoms with Crippen LogP contribution in [-0.4, -0.2) is 24.4 Å². The molecule has 0 amide bonds. The molecule has 1 aliphatic heterocycles. The van der Waals surface area contributed by atoms with Crippen LogP contribution in [0, 0.1) is 5.82 Å². The van der Waals surface area contributed by atoms with Gasteiger partial charge in [-0.1, -0.05) is 12.7 Å². The third-order valence-corrected chi connectivity index (χ3v) is 3.47. The molecule has 2 heterocycles. The molecule has 130 valence electrons. The zero-order valence-electron chi connectivity index (χ0n) is 12.8. The number of esters is 1. The Balaban J connectivity index is 2.17. The van der Waals surface area contributed by atoms with E-state index in [0.717, 1.165) is 13.2 Å². The summed E-state index contributed by atoms with van der Waals surface area (Å²) in [6.45, 7) is 3.46. The first-order valence-electron chi connectivity index (χ1n) is 6.87. The summed E-state index contributed by atoms with van der Waals surface area (Å²) in [5.74, 6) is -2.30. The van der Waals surface area contributed by atoms with Crippen LogP contribution < -0.4 is 15.2 Å². The predicted octanol–water partition coefficient (Wildman–Crippen LogP) is 3.22. The van der Waals surface area contributed by atoms with Gasteiger partial charge in [0.15, 0.2) is 23.0 Å². The van der Waals surface area contributed by atoms with Crippen molar-refractivity contribution in [3.8, 4) is 22.8 Å². The molecule has 0 fully saturated rings. The standard InChI is InChI=1S/C16H11F3N2O4/c1-3-8-12(20)11(17)13(21-14(8)15(22)23-2)7-4-5-9-10(6-7)25-16(18,19)24-9/h3-6H,1H2,2H3,(H2,20,21). The number of anilines is 1. The minimum atomic E-state index is -3.81. The maximum Gasteiger partial charge on any atom is 0.586 e. The summed E-state index contributed by atoms with van der Waals surface area (Å²) in [6.07, 6.45) is -2.64. The van der Waals surface area contributed by atoms with Crippen molar-refractivity contribution in [2.45, 2.75) is 6.29 Å². The molecule has 0 atom stereocenters. The van der Waals surface area contributed by atoms with Crippen LogP contribution in [-0.2, 0) is 4.74 Å². The quantitative estimate of drug-likeness (QED) is 0.854. The van der Waals surface area contributed by atoms with E-state index >= 15 is 0 Å². The van der Waals surface area contributed by atoms with Gasteiger partial charge in [-0.2, -0.15) is 0 Å². The highest BCUT2D eigenvalue weighted by Crippen LogP contribution is 2.43. The number of carbonyl (C=O) groups excluding carboxylic acids is 1. The number of hydrogen-bond acceptors (Lipinski definition) is 6. The van der Waals surface area contributed by atoms with Gasteiger partial charge >= 0.3 is 12.3 Å². The summed E-state index contributed by atoms with van der Waals surface area (Å²) in [4.78, 5) is 15.8. The molecule has 1 aromatic carbocycles. The second-order valence-corrected chi connectivity index (χ2v) is 4.98. The maximum absolute atomic E-state index is 14.6. The van der Waals surface area contributed by atoms with E-state index in [-0.39, 0.29) is 39.7 Å². The minimum absolute atomic E-state index is 0.0274. The number of nitrogens with two attached hydrogens (primary N) is 1. The summed E-state index contributed by atoms with van der Waals surface area (Å²) >= 11 is 0. The fourth-order valence-electron chi connectivity index (χ4n) is 2.34. The average Bonchev–Trinajstić information content (AvgIpc) is 2.89. The number of carbonyl (C=O) groups is 1. The molecule has 3 rings (SSSR count). The largest absolute Gasteiger partial charge is 0.586 e. The number of alkyl halides is 2. The van der Waals surface area contributed by atoms with Gasteiger partial charge in [-0.25, -0.2) is 14.2 Å². The number of nitrogens with zero attached hydrogens (tertiary/aromatic N) is 1. The van der Waals surface area contributed by atoms with Gasteiger partial charge in [-0.3, -0.25) is 0 Å². The molecule has 1 aromatic heterocycles. The minimum Gasteiger partial charge on any atom is -0.464 e. The highest BCUT2D eigenvalue weighted by molar-refractivity contribution is 5.95. The first kappa shape index (κ1) is 16.6. The van der Waals surface area contributed by atoms with Gasteiger partial charge in [0.2, 0.25) is 0 Å². The number of hydrogen-bond donors (Lipinski definition) is 1. The van der Waals surface area contributed by atoms with E-state index in [2.05, 4.69) is 25.8 Å². The van der Waals surface area contributed by atoms with Gasteiger partial charge in [0, 0.05) is 11.1 Å². The van der Waals surface area contributed by atoms with Crippen LogP contribution in [0.4, 0.5) is 18.9 Å². The van der Waals surface area contributed by atoms with Crippen molar-refractivity contribution in [2.24, 2.45) is 0 Å². The van der Waals surface area contributed by atoms with Crippen LogP contribution in [0.15, 0.2) is 24.8 Å². The number of methoxy groups -OCH3 is 1. The third-order valence-electron chi connectivity index (χ3n) is 3.47. The molecule has 0 radical (unpaired) electrons. The summed E-state index contributed by atoms with van der Waals surface area (Å²) < 4.78 is 54.0. The Morgan fingerprint density at radius 2 is 2.04 bits per heavy atom. The first-order valence-corrected chi connectivity index (χ1v) is 6.87. The number of aromatic nitrogens is 1. The van der Waals surface area contributed by atoms with Crippen LogP contribution in [0.1, 0.15) is 16.1 Å². The number of pyridine rings is 1. The maximum atomic E-state index is 14.6. The average molecular weight is 352 g/mol. The Morgan fingerprint density at radius 3 is 2.68 bits per heavy atom. The van der Waals surface area contributed by atoms with Crippen LogP contribution in [0.2, 0.25) is 0 Å². The van der Waals surface area contributed by atoms with E-state index in [1.165, 1.54) is 18.2 Å². The summed E-state index contributed by atoms with van der Waals surface area (Å²) in [7, 11) is 1.12. The molecule has 0 spiro atoms. The molecule has 0 aliphatic carbocycles. The zero-order valence-corrected chi connectivity index (χ0v) is 12.8. The fraction of sp³-hybridized carbons (Fsp3) is 0.125. The van der Waals surface area contributed by atoms with Crippen molar-refractivity contribution < 1.29 is 32.2 Å². The fourth-order valence-corrected chi connectivity index (χ4v) is 2.34. The molecule has 6 nitrogen and oxygen atoms in total. The van der Waals surface area contributed by atoms with Gasteiger partial charge in [-0.05, 0) is 18.2 Å². The SMILES string of the molecule is C=Cc1c(C(=O)OC)nc(-c2ccc3c(c2)OC(F)(F)O3)c(F)c1N. The molecule has 25 heavy (non-hydrogen) atoms. The highest BCUT2D eigenvalue weighted by atomic mass is 19.3. The van der Waals surface area contributed by atoms with Gasteiger partial charge < -0.3 is 19.9 Å². The Kier molecular flexibility index (Phi) is 3.78. The molecular weight excluding hydrogens is 341 g/mol. The van der Waals surface area contributed by atoms with Crippen molar-refractivity contribution >= 4 is 17.7 Å². The molecule has 1 aliphatic rings. The van der Waals surface area contributed by atoms with Crippen molar-refractivity contribution in [1.29, 1.82) is 0 Å². The number of fused-ring (bicyclic) bond motifs is 1. The van der Waals surface area contributed by atoms with Gasteiger partial charge in [-0.15, -0.1) is 8.78 Å². The molecule has 0 unspecified atom stereocenters. The lowest BCUT2D eigenvalue weighted by Gasteiger charge is -2.12. The van der Waals surface area contributed by atoms with Crippen molar-refractivity contribution in [1.82, 2.24) is 4.98 Å². The van der Waals surface area contributed by atoms with Gasteiger partial charge in [0.25, 0.3) is 0 Å². The molecule has 2 aromatic rings. The Labute approximate surface area is 139 Å². The molecule has 0 saturated heterocycles. The predicted molar refractivity (Wildman–Crippen MR) is 81.7 cm³/mol. The normalized spacial score (nSPS) is 14.2. The lowest BCUT2D eigenvalue weighted by atomic mass is 10.0. The highest BCUT2D eigenvalue weighted by Gasteiger charge is 2.43. The monoisotopic (exact) mass is 352 g/mol. The molecule has 0 bridgehead atoms. The van der Waals surface area contributed by atoms with E-state index in [1.54, 1.807) is 0 Å². The number of rotatable bonds is 3. The van der Waals surface area contributed by atoms with Crippen LogP contribution >= 0.6 is 0 Å². The van der Waals surface area contributed by atoms with Crippen LogP contribution in [0.3, 0.4) is 0 Å². The van der Waals surface area contributed by atoms with Crippen molar-refractivity contribution in [3.05, 3.63) is 41.9 Å². The van der Waals surface area contributed by atoms with Crippen molar-refractivity contribution in [2.75, 3.05) is 12.8 Å². The molecule has 9 heteroatoms. The molecule has 2 N–H and O–H groups in total. The van der Waals surface area contributed by atoms with Gasteiger partial charge in [0.1, 0.15) is 5.69 Å². The lowest BCUT2D eigenvalue weighted by Crippen LogP contribution is -2.25. The Bertz CT molecular complexity index is 899. The molecular formula is C16H11F3N2O4. The van der Waals surface area contributed by atoms with Crippen molar-refractivity contribution in [3.63, 3.8) is 0 Å². The van der Waals surface area contributed by atoms with Crippen LogP contribution in [0.25, 0.3) is 17.3 Å². The second kappa shape index (κ2) is 5.69. The van der Waals surface area contributed by atoms with E-state index in [4.69, 9.17) is 5.73 Å². The summed E-state index contributed by atoms with van der Waals surface area (Å²) in [5.41, 5.74) is 4.79. The number of nitrogen functional groups attached to an aromatic ring is 1. The lowest BCUT2D eigenvalue weighted by molar-refractivity contribution is -0.286. The van der Waals surface area contributed by atoms with Gasteiger partial charge in [0.05, 0.1) is 12.8 Å². The van der Waals surface area contributed by atoms with E-state index in [0.29, 0.717) is 0 Å². The Hall–Kier alpha value is -3.23. The van der Waals surface area contributed by atoms with E-state index < -0.39 is 18.1 Å². The Morgan fingerprint density at radius 1 is 1.36 bits per heavy atom.